The molecule has 2 rings (SSSR count). The van der Waals surface area contributed by atoms with Gasteiger partial charge in [0, 0.05) is 41.9 Å². The number of hydrogen-bond donors (Lipinski definition) is 1. The fourth-order valence-corrected chi connectivity index (χ4v) is 2.98. The molecule has 1 aliphatic heterocycles. The summed E-state index contributed by atoms with van der Waals surface area (Å²) in [5.74, 6) is 0. The number of nitrogens with zero attached hydrogens (tertiary/aromatic N) is 2. The van der Waals surface area contributed by atoms with Crippen LogP contribution in [0.5, 0.6) is 0 Å². The Morgan fingerprint density at radius 2 is 2.00 bits per heavy atom. The molecule has 0 spiro atoms. The maximum absolute atomic E-state index is 3.50. The fourth-order valence-electron chi connectivity index (χ4n) is 2.71. The van der Waals surface area contributed by atoms with Gasteiger partial charge in [-0.1, -0.05) is 15.9 Å². The maximum atomic E-state index is 3.50. The van der Waals surface area contributed by atoms with Gasteiger partial charge in [0.15, 0.2) is 0 Å². The molecule has 0 aliphatic carbocycles. The van der Waals surface area contributed by atoms with Crippen LogP contribution in [0, 0.1) is 0 Å². The Morgan fingerprint density at radius 1 is 1.32 bits per heavy atom. The van der Waals surface area contributed by atoms with Crippen molar-refractivity contribution in [2.45, 2.75) is 25.4 Å². The van der Waals surface area contributed by atoms with Gasteiger partial charge in [0.25, 0.3) is 0 Å². The van der Waals surface area contributed by atoms with Gasteiger partial charge in [0.1, 0.15) is 0 Å². The minimum atomic E-state index is 0.561. The molecule has 0 aromatic heterocycles. The van der Waals surface area contributed by atoms with Crippen LogP contribution in [0.25, 0.3) is 0 Å². The lowest BCUT2D eigenvalue weighted by molar-refractivity contribution is 0.195. The Balaban J connectivity index is 2.14. The van der Waals surface area contributed by atoms with Crippen LogP contribution >= 0.6 is 15.9 Å². The third-order valence-corrected chi connectivity index (χ3v) is 4.68. The van der Waals surface area contributed by atoms with E-state index in [4.69, 9.17) is 0 Å². The third kappa shape index (κ3) is 3.71. The van der Waals surface area contributed by atoms with Gasteiger partial charge in [0.05, 0.1) is 0 Å². The lowest BCUT2D eigenvalue weighted by atomic mass is 10.2. The summed E-state index contributed by atoms with van der Waals surface area (Å²) in [4.78, 5) is 5.02. The molecule has 1 N–H and O–H groups in total. The van der Waals surface area contributed by atoms with Crippen molar-refractivity contribution < 1.29 is 0 Å². The topological polar surface area (TPSA) is 18.5 Å². The molecule has 1 fully saturated rings. The van der Waals surface area contributed by atoms with Crippen molar-refractivity contribution in [1.82, 2.24) is 10.2 Å². The number of nitrogens with one attached hydrogen (secondary N) is 1. The first-order valence-electron chi connectivity index (χ1n) is 6.99. The second-order valence-electron chi connectivity index (χ2n) is 5.44. The van der Waals surface area contributed by atoms with Gasteiger partial charge in [0.2, 0.25) is 0 Å². The molecule has 2 unspecified atom stereocenters. The van der Waals surface area contributed by atoms with Crippen molar-refractivity contribution in [2.24, 2.45) is 0 Å². The molecule has 1 heterocycles. The Morgan fingerprint density at radius 3 is 2.63 bits per heavy atom. The molecule has 0 bridgehead atoms. The van der Waals surface area contributed by atoms with E-state index in [1.807, 2.05) is 7.05 Å². The summed E-state index contributed by atoms with van der Waals surface area (Å²) in [6.45, 7) is 5.58. The standard InChI is InChI=1S/C15H24BrN3/c1-12-8-9-19(11-15(10-17-2)18(12)3)14-6-4-13(16)5-7-14/h4-7,12,15,17H,8-11H2,1-3H3. The highest BCUT2D eigenvalue weighted by atomic mass is 79.9. The molecule has 1 saturated heterocycles. The predicted octanol–water partition coefficient (Wildman–Crippen LogP) is 2.57. The van der Waals surface area contributed by atoms with Gasteiger partial charge >= 0.3 is 0 Å². The van der Waals surface area contributed by atoms with Gasteiger partial charge in [-0.15, -0.1) is 0 Å². The van der Waals surface area contributed by atoms with Crippen molar-refractivity contribution in [3.63, 3.8) is 0 Å². The van der Waals surface area contributed by atoms with Crippen LogP contribution in [0.4, 0.5) is 5.69 Å². The normalized spacial score (nSPS) is 25.4. The predicted molar refractivity (Wildman–Crippen MR) is 85.9 cm³/mol. The molecule has 1 aliphatic rings. The van der Waals surface area contributed by atoms with Crippen LogP contribution in [0.15, 0.2) is 28.7 Å². The first-order valence-corrected chi connectivity index (χ1v) is 7.78. The van der Waals surface area contributed by atoms with Crippen LogP contribution in [0.2, 0.25) is 0 Å². The van der Waals surface area contributed by atoms with Crippen LogP contribution in [0.1, 0.15) is 13.3 Å². The zero-order valence-corrected chi connectivity index (χ0v) is 13.7. The summed E-state index contributed by atoms with van der Waals surface area (Å²) >= 11 is 3.50. The summed E-state index contributed by atoms with van der Waals surface area (Å²) in [5.41, 5.74) is 1.33. The molecule has 3 nitrogen and oxygen atoms in total. The molecule has 0 amide bonds. The Bertz CT molecular complexity index is 393. The zero-order chi connectivity index (χ0) is 13.8. The Labute approximate surface area is 125 Å². The van der Waals surface area contributed by atoms with Crippen molar-refractivity contribution in [2.75, 3.05) is 38.6 Å². The quantitative estimate of drug-likeness (QED) is 0.921. The first kappa shape index (κ1) is 14.8. The lowest BCUT2D eigenvalue weighted by Crippen LogP contribution is -2.47. The van der Waals surface area contributed by atoms with Gasteiger partial charge in [-0.25, -0.2) is 0 Å². The number of anilines is 1. The van der Waals surface area contributed by atoms with E-state index < -0.39 is 0 Å². The summed E-state index contributed by atoms with van der Waals surface area (Å²) in [6, 6.07) is 9.86. The smallest absolute Gasteiger partial charge is 0.0395 e. The van der Waals surface area contributed by atoms with E-state index in [1.54, 1.807) is 0 Å². The molecular formula is C15H24BrN3. The highest BCUT2D eigenvalue weighted by Crippen LogP contribution is 2.22. The number of likely N-dealkylation sites (N-methyl/N-ethyl adjacent to an activating group) is 2. The van der Waals surface area contributed by atoms with Gasteiger partial charge < -0.3 is 10.2 Å². The van der Waals surface area contributed by atoms with Crippen LogP contribution in [-0.2, 0) is 0 Å². The minimum absolute atomic E-state index is 0.561. The third-order valence-electron chi connectivity index (χ3n) is 4.15. The average Bonchev–Trinajstić information content (AvgIpc) is 2.54. The number of hydrogen-bond acceptors (Lipinski definition) is 3. The van der Waals surface area contributed by atoms with E-state index in [9.17, 15) is 0 Å². The number of benzene rings is 1. The minimum Gasteiger partial charge on any atom is -0.370 e. The van der Waals surface area contributed by atoms with E-state index in [1.165, 1.54) is 12.1 Å². The highest BCUT2D eigenvalue weighted by Gasteiger charge is 2.26. The van der Waals surface area contributed by atoms with E-state index in [-0.39, 0.29) is 0 Å². The summed E-state index contributed by atoms with van der Waals surface area (Å²) in [5, 5.41) is 3.32. The molecule has 19 heavy (non-hydrogen) atoms. The Kier molecular flexibility index (Phi) is 5.25. The molecule has 106 valence electrons. The SMILES string of the molecule is CNCC1CN(c2ccc(Br)cc2)CCC(C)N1C. The fraction of sp³-hybridized carbons (Fsp3) is 0.600. The van der Waals surface area contributed by atoms with E-state index in [0.29, 0.717) is 12.1 Å². The van der Waals surface area contributed by atoms with Gasteiger partial charge in [-0.3, -0.25) is 4.90 Å². The lowest BCUT2D eigenvalue weighted by Gasteiger charge is -2.32. The highest BCUT2D eigenvalue weighted by molar-refractivity contribution is 9.10. The van der Waals surface area contributed by atoms with Crippen molar-refractivity contribution >= 4 is 21.6 Å². The second-order valence-corrected chi connectivity index (χ2v) is 6.35. The van der Waals surface area contributed by atoms with Crippen molar-refractivity contribution in [3.8, 4) is 0 Å². The molecular weight excluding hydrogens is 302 g/mol. The zero-order valence-electron chi connectivity index (χ0n) is 12.1. The average molecular weight is 326 g/mol. The molecule has 1 aromatic rings. The monoisotopic (exact) mass is 325 g/mol. The van der Waals surface area contributed by atoms with Crippen LogP contribution in [0.3, 0.4) is 0 Å². The van der Waals surface area contributed by atoms with Gasteiger partial charge in [-0.05, 0) is 51.7 Å². The number of rotatable bonds is 3. The van der Waals surface area contributed by atoms with E-state index >= 15 is 0 Å². The Hall–Kier alpha value is -0.580. The molecule has 0 radical (unpaired) electrons. The van der Waals surface area contributed by atoms with Crippen LogP contribution in [-0.4, -0.2) is 50.7 Å². The summed E-state index contributed by atoms with van der Waals surface area (Å²) < 4.78 is 1.14. The van der Waals surface area contributed by atoms with Crippen LogP contribution < -0.4 is 10.2 Å². The number of halogens is 1. The van der Waals surface area contributed by atoms with Crippen molar-refractivity contribution in [3.05, 3.63) is 28.7 Å². The maximum Gasteiger partial charge on any atom is 0.0395 e. The summed E-state index contributed by atoms with van der Waals surface area (Å²) in [6.07, 6.45) is 1.22. The molecule has 4 heteroatoms. The first-order chi connectivity index (χ1) is 9.11. The van der Waals surface area contributed by atoms with E-state index in [2.05, 4.69) is 69.3 Å². The molecule has 0 saturated carbocycles. The summed E-state index contributed by atoms with van der Waals surface area (Å²) in [7, 11) is 4.28. The molecule has 1 aromatic carbocycles. The van der Waals surface area contributed by atoms with Gasteiger partial charge in [-0.2, -0.15) is 0 Å². The van der Waals surface area contributed by atoms with E-state index in [0.717, 1.165) is 24.1 Å². The van der Waals surface area contributed by atoms with Crippen molar-refractivity contribution in [1.29, 1.82) is 0 Å². The largest absolute Gasteiger partial charge is 0.370 e. The molecule has 2 atom stereocenters. The second kappa shape index (κ2) is 6.73.